The van der Waals surface area contributed by atoms with Gasteiger partial charge in [0.1, 0.15) is 0 Å². The van der Waals surface area contributed by atoms with Gasteiger partial charge in [0, 0.05) is 5.69 Å². The molecule has 0 saturated heterocycles. The van der Waals surface area contributed by atoms with E-state index in [1.54, 1.807) is 7.11 Å². The molecule has 0 unspecified atom stereocenters. The van der Waals surface area contributed by atoms with E-state index in [-0.39, 0.29) is 0 Å². The summed E-state index contributed by atoms with van der Waals surface area (Å²) in [5.74, 6) is 0.925. The predicted octanol–water partition coefficient (Wildman–Crippen LogP) is 4.20. The average Bonchev–Trinajstić information content (AvgIpc) is 2.46. The molecule has 0 aliphatic rings. The van der Waals surface area contributed by atoms with Crippen LogP contribution in [0.1, 0.15) is 43.6 Å². The van der Waals surface area contributed by atoms with E-state index in [2.05, 4.69) is 30.4 Å². The predicted molar refractivity (Wildman–Crippen MR) is 92.0 cm³/mol. The molecule has 2 rings (SSSR count). The Hall–Kier alpha value is -2.36. The molecular weight excluding hydrogens is 274 g/mol. The number of methoxy groups -OCH3 is 1. The minimum Gasteiger partial charge on any atom is -0.480 e. The van der Waals surface area contributed by atoms with Gasteiger partial charge in [0.2, 0.25) is 5.88 Å². The highest BCUT2D eigenvalue weighted by molar-refractivity contribution is 5.76. The molecule has 0 radical (unpaired) electrons. The Bertz CT molecular complexity index is 721. The number of anilines is 1. The zero-order valence-electron chi connectivity index (χ0n) is 13.9. The van der Waals surface area contributed by atoms with Crippen molar-refractivity contribution >= 4 is 11.3 Å². The van der Waals surface area contributed by atoms with E-state index in [0.717, 1.165) is 33.8 Å². The molecule has 4 nitrogen and oxygen atoms in total. The summed E-state index contributed by atoms with van der Waals surface area (Å²) < 4.78 is 5.47. The number of aromatic nitrogens is 2. The van der Waals surface area contributed by atoms with Crippen molar-refractivity contribution in [3.05, 3.63) is 41.7 Å². The Morgan fingerprint density at radius 2 is 1.95 bits per heavy atom. The largest absolute Gasteiger partial charge is 0.480 e. The third-order valence-corrected chi connectivity index (χ3v) is 3.57. The second-order valence-electron chi connectivity index (χ2n) is 5.82. The maximum atomic E-state index is 6.03. The van der Waals surface area contributed by atoms with Crippen molar-refractivity contribution in [1.82, 2.24) is 9.97 Å². The van der Waals surface area contributed by atoms with Crippen molar-refractivity contribution < 1.29 is 4.74 Å². The fourth-order valence-electron chi connectivity index (χ4n) is 2.36. The van der Waals surface area contributed by atoms with E-state index >= 15 is 0 Å². The summed E-state index contributed by atoms with van der Waals surface area (Å²) in [5.41, 5.74) is 11.9. The maximum Gasteiger partial charge on any atom is 0.222 e. The first kappa shape index (κ1) is 16.0. The summed E-state index contributed by atoms with van der Waals surface area (Å²) in [5, 5.41) is 0. The van der Waals surface area contributed by atoms with Gasteiger partial charge in [-0.25, -0.2) is 9.97 Å². The molecule has 0 aliphatic carbocycles. The Balaban J connectivity index is 2.66. The number of pyridine rings is 2. The average molecular weight is 297 g/mol. The van der Waals surface area contributed by atoms with E-state index in [1.807, 2.05) is 32.0 Å². The third kappa shape index (κ3) is 2.96. The van der Waals surface area contributed by atoms with E-state index in [0.29, 0.717) is 17.5 Å². The SMILES string of the molecule is C=C(C)c1nc(-c2ccc(C(C)C)nc2OC)c(C)cc1N. The molecule has 2 aromatic heterocycles. The van der Waals surface area contributed by atoms with Gasteiger partial charge in [-0.2, -0.15) is 0 Å². The lowest BCUT2D eigenvalue weighted by atomic mass is 10.0. The highest BCUT2D eigenvalue weighted by Crippen LogP contribution is 2.33. The summed E-state index contributed by atoms with van der Waals surface area (Å²) in [6.45, 7) is 12.0. The zero-order chi connectivity index (χ0) is 16.4. The molecule has 0 amide bonds. The molecule has 0 aliphatic heterocycles. The Morgan fingerprint density at radius 1 is 1.27 bits per heavy atom. The van der Waals surface area contributed by atoms with Crippen LogP contribution >= 0.6 is 0 Å². The lowest BCUT2D eigenvalue weighted by Crippen LogP contribution is -2.03. The molecule has 22 heavy (non-hydrogen) atoms. The molecule has 2 aromatic rings. The fraction of sp³-hybridized carbons (Fsp3) is 0.333. The van der Waals surface area contributed by atoms with Crippen molar-refractivity contribution in [2.75, 3.05) is 12.8 Å². The number of aryl methyl sites for hydroxylation is 1. The van der Waals surface area contributed by atoms with Crippen LogP contribution in [0.15, 0.2) is 24.8 Å². The molecule has 0 atom stereocenters. The summed E-state index contributed by atoms with van der Waals surface area (Å²) in [4.78, 5) is 9.27. The Kier molecular flexibility index (Phi) is 4.50. The summed E-state index contributed by atoms with van der Waals surface area (Å²) >= 11 is 0. The number of hydrogen-bond donors (Lipinski definition) is 1. The first-order valence-corrected chi connectivity index (χ1v) is 7.33. The molecule has 2 N–H and O–H groups in total. The minimum atomic E-state index is 0.342. The number of rotatable bonds is 4. The van der Waals surface area contributed by atoms with Crippen LogP contribution in [0.25, 0.3) is 16.8 Å². The Labute approximate surface area is 132 Å². The van der Waals surface area contributed by atoms with Gasteiger partial charge in [0.15, 0.2) is 0 Å². The van der Waals surface area contributed by atoms with Gasteiger partial charge in [0.25, 0.3) is 0 Å². The van der Waals surface area contributed by atoms with E-state index in [9.17, 15) is 0 Å². The molecular formula is C18H23N3O. The van der Waals surface area contributed by atoms with E-state index < -0.39 is 0 Å². The topological polar surface area (TPSA) is 61.0 Å². The standard InChI is InChI=1S/C18H23N3O/c1-10(2)15-8-7-13(18(20-15)22-6)17-12(5)9-14(19)16(21-17)11(3)4/h7-10H,3,19H2,1-2,4-6H3. The quantitative estimate of drug-likeness (QED) is 0.918. The van der Waals surface area contributed by atoms with E-state index in [4.69, 9.17) is 10.5 Å². The normalized spacial score (nSPS) is 10.8. The van der Waals surface area contributed by atoms with Gasteiger partial charge in [-0.3, -0.25) is 0 Å². The van der Waals surface area contributed by atoms with Crippen molar-refractivity contribution in [3.63, 3.8) is 0 Å². The number of nitrogens with two attached hydrogens (primary N) is 1. The highest BCUT2D eigenvalue weighted by Gasteiger charge is 2.16. The fourth-order valence-corrected chi connectivity index (χ4v) is 2.36. The first-order chi connectivity index (χ1) is 10.3. The lowest BCUT2D eigenvalue weighted by Gasteiger charge is -2.15. The van der Waals surface area contributed by atoms with Crippen LogP contribution in [0.2, 0.25) is 0 Å². The van der Waals surface area contributed by atoms with Crippen molar-refractivity contribution in [2.24, 2.45) is 0 Å². The van der Waals surface area contributed by atoms with Gasteiger partial charge in [-0.05, 0) is 49.1 Å². The number of nitrogen functional groups attached to an aromatic ring is 1. The highest BCUT2D eigenvalue weighted by atomic mass is 16.5. The molecule has 0 fully saturated rings. The smallest absolute Gasteiger partial charge is 0.222 e. The summed E-state index contributed by atoms with van der Waals surface area (Å²) in [7, 11) is 1.63. The van der Waals surface area contributed by atoms with Crippen molar-refractivity contribution in [1.29, 1.82) is 0 Å². The summed E-state index contributed by atoms with van der Waals surface area (Å²) in [6, 6.07) is 5.94. The molecule has 0 saturated carbocycles. The molecule has 0 spiro atoms. The van der Waals surface area contributed by atoms with Crippen LogP contribution in [-0.4, -0.2) is 17.1 Å². The van der Waals surface area contributed by atoms with E-state index in [1.165, 1.54) is 0 Å². The number of ether oxygens (including phenoxy) is 1. The molecule has 4 heteroatoms. The van der Waals surface area contributed by atoms with Crippen LogP contribution in [0.5, 0.6) is 5.88 Å². The lowest BCUT2D eigenvalue weighted by molar-refractivity contribution is 0.397. The number of allylic oxidation sites excluding steroid dienone is 1. The molecule has 0 aromatic carbocycles. The van der Waals surface area contributed by atoms with Gasteiger partial charge in [-0.15, -0.1) is 0 Å². The van der Waals surface area contributed by atoms with Gasteiger partial charge in [-0.1, -0.05) is 20.4 Å². The first-order valence-electron chi connectivity index (χ1n) is 7.33. The number of nitrogens with zero attached hydrogens (tertiary/aromatic N) is 2. The molecule has 0 bridgehead atoms. The maximum absolute atomic E-state index is 6.03. The van der Waals surface area contributed by atoms with Crippen LogP contribution < -0.4 is 10.5 Å². The number of hydrogen-bond acceptors (Lipinski definition) is 4. The summed E-state index contributed by atoms with van der Waals surface area (Å²) in [6.07, 6.45) is 0. The zero-order valence-corrected chi connectivity index (χ0v) is 13.9. The van der Waals surface area contributed by atoms with Gasteiger partial charge in [0.05, 0.1) is 29.7 Å². The van der Waals surface area contributed by atoms with Crippen molar-refractivity contribution in [3.8, 4) is 17.1 Å². The molecule has 2 heterocycles. The Morgan fingerprint density at radius 3 is 2.50 bits per heavy atom. The second kappa shape index (κ2) is 6.18. The molecule has 116 valence electrons. The third-order valence-electron chi connectivity index (χ3n) is 3.57. The van der Waals surface area contributed by atoms with Crippen LogP contribution in [0.4, 0.5) is 5.69 Å². The van der Waals surface area contributed by atoms with Gasteiger partial charge >= 0.3 is 0 Å². The van der Waals surface area contributed by atoms with Crippen LogP contribution in [-0.2, 0) is 0 Å². The van der Waals surface area contributed by atoms with Crippen LogP contribution in [0, 0.1) is 6.92 Å². The minimum absolute atomic E-state index is 0.342. The van der Waals surface area contributed by atoms with Crippen LogP contribution in [0.3, 0.4) is 0 Å². The van der Waals surface area contributed by atoms with Crippen molar-refractivity contribution in [2.45, 2.75) is 33.6 Å². The second-order valence-corrected chi connectivity index (χ2v) is 5.82. The van der Waals surface area contributed by atoms with Gasteiger partial charge < -0.3 is 10.5 Å². The monoisotopic (exact) mass is 297 g/mol.